The third-order valence-corrected chi connectivity index (χ3v) is 3.77. The zero-order chi connectivity index (χ0) is 13.6. The van der Waals surface area contributed by atoms with Crippen molar-refractivity contribution in [3.63, 3.8) is 0 Å². The molecule has 1 heterocycles. The molecule has 2 nitrogen and oxygen atoms in total. The van der Waals surface area contributed by atoms with Crippen LogP contribution in [0.3, 0.4) is 0 Å². The van der Waals surface area contributed by atoms with Crippen LogP contribution in [0.5, 0.6) is 0 Å². The average Bonchev–Trinajstić information content (AvgIpc) is 2.72. The minimum Gasteiger partial charge on any atom is -0.338 e. The van der Waals surface area contributed by atoms with Gasteiger partial charge in [0, 0.05) is 11.6 Å². The first-order valence-corrected chi connectivity index (χ1v) is 6.76. The van der Waals surface area contributed by atoms with Crippen LogP contribution < -0.4 is 0 Å². The molecule has 96 valence electrons. The summed E-state index contributed by atoms with van der Waals surface area (Å²) in [6.45, 7) is 4.11. The summed E-state index contributed by atoms with van der Waals surface area (Å²) < 4.78 is 13.9. The first kappa shape index (κ1) is 12.4. The van der Waals surface area contributed by atoms with Gasteiger partial charge < -0.3 is 4.98 Å². The first-order chi connectivity index (χ1) is 9.04. The van der Waals surface area contributed by atoms with Crippen LogP contribution in [0.2, 0.25) is 0 Å². The van der Waals surface area contributed by atoms with E-state index in [0.717, 1.165) is 22.5 Å². The molecule has 0 aliphatic heterocycles. The monoisotopic (exact) mass is 318 g/mol. The smallest absolute Gasteiger partial charge is 0.139 e. The number of aromatic amines is 1. The van der Waals surface area contributed by atoms with Crippen molar-refractivity contribution in [1.29, 1.82) is 0 Å². The fourth-order valence-corrected chi connectivity index (χ4v) is 2.54. The fourth-order valence-electron chi connectivity index (χ4n) is 2.21. The molecule has 0 amide bonds. The number of benzene rings is 2. The molecule has 1 N–H and O–H groups in total. The van der Waals surface area contributed by atoms with Gasteiger partial charge in [0.15, 0.2) is 0 Å². The van der Waals surface area contributed by atoms with Crippen molar-refractivity contribution in [3.05, 3.63) is 51.7 Å². The van der Waals surface area contributed by atoms with Crippen molar-refractivity contribution in [2.75, 3.05) is 0 Å². The summed E-state index contributed by atoms with van der Waals surface area (Å²) in [5, 5.41) is 0. The molecule has 0 fully saturated rings. The molecular formula is C15H12BrFN2. The standard InChI is InChI=1S/C15H12BrFN2/c1-8-3-4-10(9(2)5-8)15-18-13-6-11(16)12(17)7-14(13)19-15/h3-7H,1-2H3,(H,18,19). The summed E-state index contributed by atoms with van der Waals surface area (Å²) in [5.41, 5.74) is 4.86. The number of H-pyrrole nitrogens is 1. The van der Waals surface area contributed by atoms with Crippen LogP contribution in [0.4, 0.5) is 4.39 Å². The van der Waals surface area contributed by atoms with Gasteiger partial charge in [0.05, 0.1) is 15.5 Å². The Balaban J connectivity index is 2.20. The average molecular weight is 319 g/mol. The molecule has 0 atom stereocenters. The Morgan fingerprint density at radius 1 is 1.16 bits per heavy atom. The molecule has 19 heavy (non-hydrogen) atoms. The minimum absolute atomic E-state index is 0.289. The van der Waals surface area contributed by atoms with Gasteiger partial charge in [-0.1, -0.05) is 23.8 Å². The Kier molecular flexibility index (Phi) is 2.90. The van der Waals surface area contributed by atoms with Gasteiger partial charge in [-0.15, -0.1) is 0 Å². The van der Waals surface area contributed by atoms with E-state index in [-0.39, 0.29) is 5.82 Å². The van der Waals surface area contributed by atoms with E-state index in [1.165, 1.54) is 11.6 Å². The Morgan fingerprint density at radius 3 is 2.68 bits per heavy atom. The molecule has 2 aromatic carbocycles. The number of nitrogens with zero attached hydrogens (tertiary/aromatic N) is 1. The number of rotatable bonds is 1. The summed E-state index contributed by atoms with van der Waals surface area (Å²) in [6.07, 6.45) is 0. The number of halogens is 2. The summed E-state index contributed by atoms with van der Waals surface area (Å²) in [4.78, 5) is 7.69. The lowest BCUT2D eigenvalue weighted by atomic mass is 10.1. The van der Waals surface area contributed by atoms with Gasteiger partial charge in [0.2, 0.25) is 0 Å². The second-order valence-corrected chi connectivity index (χ2v) is 5.54. The van der Waals surface area contributed by atoms with Gasteiger partial charge in [-0.2, -0.15) is 0 Å². The van der Waals surface area contributed by atoms with E-state index >= 15 is 0 Å². The third-order valence-electron chi connectivity index (χ3n) is 3.16. The van der Waals surface area contributed by atoms with Gasteiger partial charge in [-0.3, -0.25) is 0 Å². The van der Waals surface area contributed by atoms with Crippen molar-refractivity contribution >= 4 is 27.0 Å². The molecule has 0 saturated carbocycles. The molecule has 0 saturated heterocycles. The number of hydrogen-bond acceptors (Lipinski definition) is 1. The van der Waals surface area contributed by atoms with Crippen LogP contribution in [-0.2, 0) is 0 Å². The maximum absolute atomic E-state index is 13.5. The lowest BCUT2D eigenvalue weighted by Crippen LogP contribution is -1.86. The molecule has 0 radical (unpaired) electrons. The highest BCUT2D eigenvalue weighted by atomic mass is 79.9. The number of aromatic nitrogens is 2. The molecule has 1 aromatic heterocycles. The van der Waals surface area contributed by atoms with E-state index in [4.69, 9.17) is 0 Å². The van der Waals surface area contributed by atoms with Crippen LogP contribution in [0.25, 0.3) is 22.4 Å². The van der Waals surface area contributed by atoms with E-state index in [0.29, 0.717) is 9.99 Å². The zero-order valence-electron chi connectivity index (χ0n) is 10.6. The maximum Gasteiger partial charge on any atom is 0.139 e. The van der Waals surface area contributed by atoms with Crippen molar-refractivity contribution in [2.24, 2.45) is 0 Å². The molecule has 0 aliphatic carbocycles. The molecule has 0 aliphatic rings. The number of nitrogens with one attached hydrogen (secondary N) is 1. The van der Waals surface area contributed by atoms with Crippen LogP contribution in [0, 0.1) is 19.7 Å². The minimum atomic E-state index is -0.289. The quantitative estimate of drug-likeness (QED) is 0.689. The molecule has 0 spiro atoms. The Hall–Kier alpha value is -1.68. The highest BCUT2D eigenvalue weighted by Crippen LogP contribution is 2.27. The topological polar surface area (TPSA) is 28.7 Å². The number of hydrogen-bond donors (Lipinski definition) is 1. The Morgan fingerprint density at radius 2 is 1.95 bits per heavy atom. The first-order valence-electron chi connectivity index (χ1n) is 5.97. The van der Waals surface area contributed by atoms with Crippen LogP contribution in [-0.4, -0.2) is 9.97 Å². The number of imidazole rings is 1. The lowest BCUT2D eigenvalue weighted by molar-refractivity contribution is 0.623. The highest BCUT2D eigenvalue weighted by Gasteiger charge is 2.10. The molecule has 3 rings (SSSR count). The van der Waals surface area contributed by atoms with Crippen molar-refractivity contribution in [2.45, 2.75) is 13.8 Å². The third kappa shape index (κ3) is 2.16. The van der Waals surface area contributed by atoms with E-state index in [1.54, 1.807) is 6.07 Å². The van der Waals surface area contributed by atoms with E-state index in [1.807, 2.05) is 19.1 Å². The summed E-state index contributed by atoms with van der Waals surface area (Å²) in [5.74, 6) is 0.480. The molecule has 0 unspecified atom stereocenters. The predicted molar refractivity (Wildman–Crippen MR) is 78.7 cm³/mol. The second kappa shape index (κ2) is 4.46. The second-order valence-electron chi connectivity index (χ2n) is 4.69. The fraction of sp³-hybridized carbons (Fsp3) is 0.133. The summed E-state index contributed by atoms with van der Waals surface area (Å²) in [6, 6.07) is 9.34. The van der Waals surface area contributed by atoms with Crippen molar-refractivity contribution in [3.8, 4) is 11.4 Å². The number of fused-ring (bicyclic) bond motifs is 1. The van der Waals surface area contributed by atoms with Gasteiger partial charge in [0.1, 0.15) is 11.6 Å². The zero-order valence-corrected chi connectivity index (χ0v) is 12.2. The predicted octanol–water partition coefficient (Wildman–Crippen LogP) is 4.75. The maximum atomic E-state index is 13.5. The van der Waals surface area contributed by atoms with Gasteiger partial charge in [0.25, 0.3) is 0 Å². The highest BCUT2D eigenvalue weighted by molar-refractivity contribution is 9.10. The van der Waals surface area contributed by atoms with E-state index in [2.05, 4.69) is 38.9 Å². The summed E-state index contributed by atoms with van der Waals surface area (Å²) >= 11 is 3.18. The summed E-state index contributed by atoms with van der Waals surface area (Å²) in [7, 11) is 0. The Bertz CT molecular complexity index is 738. The van der Waals surface area contributed by atoms with Crippen LogP contribution in [0.1, 0.15) is 11.1 Å². The molecular weight excluding hydrogens is 307 g/mol. The van der Waals surface area contributed by atoms with Gasteiger partial charge in [-0.05, 0) is 41.4 Å². The number of aryl methyl sites for hydroxylation is 2. The molecule has 0 bridgehead atoms. The molecule has 4 heteroatoms. The van der Waals surface area contributed by atoms with Crippen LogP contribution >= 0.6 is 15.9 Å². The van der Waals surface area contributed by atoms with Crippen molar-refractivity contribution in [1.82, 2.24) is 9.97 Å². The van der Waals surface area contributed by atoms with Gasteiger partial charge >= 0.3 is 0 Å². The van der Waals surface area contributed by atoms with Crippen LogP contribution in [0.15, 0.2) is 34.8 Å². The van der Waals surface area contributed by atoms with Gasteiger partial charge in [-0.25, -0.2) is 9.37 Å². The normalized spacial score (nSPS) is 11.2. The van der Waals surface area contributed by atoms with E-state index < -0.39 is 0 Å². The van der Waals surface area contributed by atoms with Crippen molar-refractivity contribution < 1.29 is 4.39 Å². The molecule has 3 aromatic rings. The largest absolute Gasteiger partial charge is 0.338 e. The SMILES string of the molecule is Cc1ccc(-c2nc3cc(Br)c(F)cc3[nH]2)c(C)c1. The lowest BCUT2D eigenvalue weighted by Gasteiger charge is -2.03. The van der Waals surface area contributed by atoms with E-state index in [9.17, 15) is 4.39 Å². The Labute approximate surface area is 118 Å².